The van der Waals surface area contributed by atoms with E-state index in [4.69, 9.17) is 4.74 Å². The Bertz CT molecular complexity index is 1080. The second-order valence-corrected chi connectivity index (χ2v) is 8.85. The lowest BCUT2D eigenvalue weighted by molar-refractivity contribution is -0.137. The maximum Gasteiger partial charge on any atom is 0.416 e. The van der Waals surface area contributed by atoms with Crippen LogP contribution in [0.5, 0.6) is 5.75 Å². The van der Waals surface area contributed by atoms with Gasteiger partial charge in [-0.2, -0.15) is 13.2 Å². The van der Waals surface area contributed by atoms with Gasteiger partial charge in [-0.1, -0.05) is 29.9 Å². The average Bonchev–Trinajstić information content (AvgIpc) is 3.28. The van der Waals surface area contributed by atoms with Gasteiger partial charge in [0.2, 0.25) is 5.01 Å². The van der Waals surface area contributed by atoms with Crippen LogP contribution in [0.15, 0.2) is 48.5 Å². The van der Waals surface area contributed by atoms with E-state index in [1.54, 1.807) is 43.5 Å². The number of hydrogen-bond acceptors (Lipinski definition) is 6. The first-order chi connectivity index (χ1) is 15.8. The van der Waals surface area contributed by atoms with E-state index in [1.165, 1.54) is 11.3 Å². The van der Waals surface area contributed by atoms with Crippen LogP contribution < -0.4 is 10.1 Å². The highest BCUT2D eigenvalue weighted by atomic mass is 32.1. The molecular formula is C23H23F3N4O2S. The molecule has 6 nitrogen and oxygen atoms in total. The quantitative estimate of drug-likeness (QED) is 0.506. The summed E-state index contributed by atoms with van der Waals surface area (Å²) in [7, 11) is 1.57. The summed E-state index contributed by atoms with van der Waals surface area (Å²) in [5.74, 6) is 0.345. The van der Waals surface area contributed by atoms with Crippen LogP contribution in [-0.4, -0.2) is 34.7 Å². The summed E-state index contributed by atoms with van der Waals surface area (Å²) in [4.78, 5) is 14.7. The molecule has 174 valence electrons. The predicted octanol–water partition coefficient (Wildman–Crippen LogP) is 5.55. The summed E-state index contributed by atoms with van der Waals surface area (Å²) >= 11 is 1.22. The summed E-state index contributed by atoms with van der Waals surface area (Å²) in [6.07, 6.45) is -1.48. The first kappa shape index (κ1) is 23.2. The molecule has 1 aliphatic rings. The van der Waals surface area contributed by atoms with Gasteiger partial charge in [0, 0.05) is 11.7 Å². The van der Waals surface area contributed by atoms with E-state index in [1.807, 2.05) is 0 Å². The molecule has 1 aromatic heterocycles. The van der Waals surface area contributed by atoms with Crippen LogP contribution in [0.4, 0.5) is 18.9 Å². The number of piperidine rings is 1. The fraction of sp³-hybridized carbons (Fsp3) is 0.348. The van der Waals surface area contributed by atoms with Crippen LogP contribution in [0.3, 0.4) is 0 Å². The number of methoxy groups -OCH3 is 1. The lowest BCUT2D eigenvalue weighted by atomic mass is 9.94. The van der Waals surface area contributed by atoms with E-state index in [2.05, 4.69) is 20.4 Å². The number of alkyl halides is 3. The number of carbonyl (C=O) groups excluding carboxylic acids is 1. The average molecular weight is 477 g/mol. The second kappa shape index (κ2) is 9.88. The number of likely N-dealkylation sites (tertiary alicyclic amines) is 1. The number of benzene rings is 2. The molecule has 10 heteroatoms. The molecule has 0 saturated carbocycles. The molecule has 1 fully saturated rings. The summed E-state index contributed by atoms with van der Waals surface area (Å²) < 4.78 is 43.8. The summed E-state index contributed by atoms with van der Waals surface area (Å²) in [5.41, 5.74) is 0.825. The van der Waals surface area contributed by atoms with Crippen molar-refractivity contribution in [1.82, 2.24) is 15.1 Å². The SMILES string of the molecule is COc1ccc(NC(=O)c2nnc(CN3CCCCC3c3ccc(C(F)(F)F)cc3)s2)cc1. The Balaban J connectivity index is 1.42. The van der Waals surface area contributed by atoms with Crippen molar-refractivity contribution in [3.8, 4) is 5.75 Å². The summed E-state index contributed by atoms with van der Waals surface area (Å²) in [6.45, 7) is 1.29. The Morgan fingerprint density at radius 1 is 1.12 bits per heavy atom. The van der Waals surface area contributed by atoms with Crippen molar-refractivity contribution < 1.29 is 22.7 Å². The van der Waals surface area contributed by atoms with Gasteiger partial charge in [0.1, 0.15) is 10.8 Å². The van der Waals surface area contributed by atoms with Gasteiger partial charge in [-0.05, 0) is 61.3 Å². The standard InChI is InChI=1S/C23H23F3N4O2S/c1-32-18-11-9-17(10-12-18)27-21(31)22-29-28-20(33-22)14-30-13-3-2-4-19(30)15-5-7-16(8-6-15)23(24,25)26/h5-12,19H,2-4,13-14H2,1H3,(H,27,31). The molecule has 1 saturated heterocycles. The zero-order valence-corrected chi connectivity index (χ0v) is 18.7. The van der Waals surface area contributed by atoms with Crippen LogP contribution in [0.25, 0.3) is 0 Å². The Morgan fingerprint density at radius 3 is 2.52 bits per heavy atom. The first-order valence-electron chi connectivity index (χ1n) is 10.5. The molecule has 4 rings (SSSR count). The van der Waals surface area contributed by atoms with Crippen LogP contribution >= 0.6 is 11.3 Å². The number of anilines is 1. The molecule has 0 spiro atoms. The minimum Gasteiger partial charge on any atom is -0.497 e. The zero-order valence-electron chi connectivity index (χ0n) is 17.9. The molecule has 1 unspecified atom stereocenters. The van der Waals surface area contributed by atoms with E-state index in [9.17, 15) is 18.0 Å². The van der Waals surface area contributed by atoms with Crippen molar-refractivity contribution in [3.05, 3.63) is 69.7 Å². The van der Waals surface area contributed by atoms with E-state index >= 15 is 0 Å². The van der Waals surface area contributed by atoms with Gasteiger partial charge in [0.05, 0.1) is 19.2 Å². The normalized spacial score (nSPS) is 17.0. The summed E-state index contributed by atoms with van der Waals surface area (Å²) in [5, 5.41) is 11.9. The minimum atomic E-state index is -4.35. The molecule has 0 aliphatic carbocycles. The lowest BCUT2D eigenvalue weighted by Crippen LogP contribution is -2.32. The number of ether oxygens (including phenoxy) is 1. The summed E-state index contributed by atoms with van der Waals surface area (Å²) in [6, 6.07) is 12.4. The first-order valence-corrected chi connectivity index (χ1v) is 11.3. The number of aromatic nitrogens is 2. The van der Waals surface area contributed by atoms with Gasteiger partial charge in [0.25, 0.3) is 5.91 Å². The molecule has 0 bridgehead atoms. The van der Waals surface area contributed by atoms with Gasteiger partial charge in [-0.15, -0.1) is 10.2 Å². The third kappa shape index (κ3) is 5.69. The molecule has 1 N–H and O–H groups in total. The predicted molar refractivity (Wildman–Crippen MR) is 119 cm³/mol. The van der Waals surface area contributed by atoms with Crippen LogP contribution in [-0.2, 0) is 12.7 Å². The maximum absolute atomic E-state index is 12.9. The number of carbonyl (C=O) groups is 1. The molecule has 1 atom stereocenters. The number of amides is 1. The van der Waals surface area contributed by atoms with Crippen LogP contribution in [0, 0.1) is 0 Å². The van der Waals surface area contributed by atoms with Crippen molar-refractivity contribution >= 4 is 22.9 Å². The third-order valence-corrected chi connectivity index (χ3v) is 6.49. The highest BCUT2D eigenvalue weighted by molar-refractivity contribution is 7.13. The molecule has 2 aromatic carbocycles. The van der Waals surface area contributed by atoms with Gasteiger partial charge >= 0.3 is 6.18 Å². The largest absolute Gasteiger partial charge is 0.497 e. The van der Waals surface area contributed by atoms with Crippen molar-refractivity contribution in [2.24, 2.45) is 0 Å². The fourth-order valence-electron chi connectivity index (χ4n) is 3.89. The number of nitrogens with one attached hydrogen (secondary N) is 1. The van der Waals surface area contributed by atoms with Crippen LogP contribution in [0.2, 0.25) is 0 Å². The van der Waals surface area contributed by atoms with Gasteiger partial charge in [-0.25, -0.2) is 0 Å². The Labute approximate surface area is 193 Å². The molecule has 3 aromatic rings. The monoisotopic (exact) mass is 476 g/mol. The van der Waals surface area contributed by atoms with Crippen molar-refractivity contribution in [2.45, 2.75) is 38.0 Å². The maximum atomic E-state index is 12.9. The number of rotatable bonds is 6. The topological polar surface area (TPSA) is 67.3 Å². The van der Waals surface area contributed by atoms with Crippen molar-refractivity contribution in [3.63, 3.8) is 0 Å². The molecule has 1 amide bonds. The number of hydrogen-bond donors (Lipinski definition) is 1. The lowest BCUT2D eigenvalue weighted by Gasteiger charge is -2.35. The van der Waals surface area contributed by atoms with Crippen LogP contribution in [0.1, 0.15) is 51.2 Å². The second-order valence-electron chi connectivity index (χ2n) is 7.79. The van der Waals surface area contributed by atoms with Gasteiger partial charge in [-0.3, -0.25) is 9.69 Å². The number of halogens is 3. The smallest absolute Gasteiger partial charge is 0.416 e. The van der Waals surface area contributed by atoms with Gasteiger partial charge < -0.3 is 10.1 Å². The minimum absolute atomic E-state index is 0.00140. The zero-order chi connectivity index (χ0) is 23.4. The Hall–Kier alpha value is -2.98. The Kier molecular flexibility index (Phi) is 6.94. The molecule has 0 radical (unpaired) electrons. The molecular weight excluding hydrogens is 453 g/mol. The number of nitrogens with zero attached hydrogens (tertiary/aromatic N) is 3. The van der Waals surface area contributed by atoms with E-state index in [0.717, 1.165) is 43.5 Å². The molecule has 2 heterocycles. The van der Waals surface area contributed by atoms with Crippen molar-refractivity contribution in [2.75, 3.05) is 19.0 Å². The van der Waals surface area contributed by atoms with Gasteiger partial charge in [0.15, 0.2) is 0 Å². The fourth-order valence-corrected chi connectivity index (χ4v) is 4.65. The third-order valence-electron chi connectivity index (χ3n) is 5.58. The highest BCUT2D eigenvalue weighted by Gasteiger charge is 2.31. The van der Waals surface area contributed by atoms with E-state index < -0.39 is 11.7 Å². The van der Waals surface area contributed by atoms with E-state index in [0.29, 0.717) is 23.0 Å². The molecule has 1 aliphatic heterocycles. The highest BCUT2D eigenvalue weighted by Crippen LogP contribution is 2.35. The molecule has 33 heavy (non-hydrogen) atoms. The van der Waals surface area contributed by atoms with E-state index in [-0.39, 0.29) is 17.0 Å². The van der Waals surface area contributed by atoms with Crippen molar-refractivity contribution in [1.29, 1.82) is 0 Å². The Morgan fingerprint density at radius 2 is 1.85 bits per heavy atom.